The van der Waals surface area contributed by atoms with Crippen LogP contribution in [-0.4, -0.2) is 27.5 Å². The molecule has 0 fully saturated rings. The van der Waals surface area contributed by atoms with Crippen molar-refractivity contribution in [3.8, 4) is 0 Å². The number of carbonyl (C=O) groups is 1. The molecule has 0 bridgehead atoms. The number of anilines is 1. The molecule has 1 aromatic carbocycles. The van der Waals surface area contributed by atoms with Gasteiger partial charge in [-0.25, -0.2) is 4.39 Å². The minimum atomic E-state index is -0.785. The van der Waals surface area contributed by atoms with Crippen molar-refractivity contribution in [2.24, 2.45) is 5.16 Å². The van der Waals surface area contributed by atoms with Crippen molar-refractivity contribution in [2.45, 2.75) is 32.9 Å². The summed E-state index contributed by atoms with van der Waals surface area (Å²) in [6, 6.07) is 4.43. The van der Waals surface area contributed by atoms with Gasteiger partial charge in [-0.1, -0.05) is 21.1 Å². The van der Waals surface area contributed by atoms with E-state index in [0.29, 0.717) is 16.6 Å². The summed E-state index contributed by atoms with van der Waals surface area (Å²) < 4.78 is 16.2. The van der Waals surface area contributed by atoms with Crippen LogP contribution in [0.25, 0.3) is 0 Å². The van der Waals surface area contributed by atoms with Gasteiger partial charge >= 0.3 is 0 Å². The molecule has 2 aromatic rings. The number of aryl methyl sites for hydroxylation is 2. The van der Waals surface area contributed by atoms with E-state index in [1.165, 1.54) is 12.1 Å². The van der Waals surface area contributed by atoms with Crippen molar-refractivity contribution < 1.29 is 14.0 Å². The summed E-state index contributed by atoms with van der Waals surface area (Å²) in [6.45, 7) is 4.63. The molecule has 1 atom stereocenters. The normalized spacial score (nSPS) is 16.7. The fraction of sp³-hybridized carbons (Fsp3) is 0.312. The SMILES string of the molecule is CCn1cc(C2=NO[C@@H](C(=O)Nc3ccc(Br)cc3F)C2)c(C)n1. The predicted molar refractivity (Wildman–Crippen MR) is 91.4 cm³/mol. The Bertz CT molecular complexity index is 818. The van der Waals surface area contributed by atoms with Gasteiger partial charge in [0, 0.05) is 29.2 Å². The molecule has 8 heteroatoms. The fourth-order valence-electron chi connectivity index (χ4n) is 2.44. The predicted octanol–water partition coefficient (Wildman–Crippen LogP) is 3.24. The summed E-state index contributed by atoms with van der Waals surface area (Å²) in [5, 5.41) is 10.9. The Labute approximate surface area is 146 Å². The van der Waals surface area contributed by atoms with Gasteiger partial charge in [0.25, 0.3) is 5.91 Å². The van der Waals surface area contributed by atoms with Gasteiger partial charge in [-0.15, -0.1) is 0 Å². The van der Waals surface area contributed by atoms with Crippen LogP contribution in [0.1, 0.15) is 24.6 Å². The standard InChI is InChI=1S/C16H16BrFN4O2/c1-3-22-8-11(9(2)20-22)14-7-15(24-21-14)16(23)19-13-5-4-10(17)6-12(13)18/h4-6,8,15H,3,7H2,1-2H3,(H,19,23)/t15-/m1/s1. The smallest absolute Gasteiger partial charge is 0.268 e. The van der Waals surface area contributed by atoms with Crippen LogP contribution in [0, 0.1) is 12.7 Å². The number of amides is 1. The highest BCUT2D eigenvalue weighted by molar-refractivity contribution is 9.10. The minimum absolute atomic E-state index is 0.107. The molecule has 6 nitrogen and oxygen atoms in total. The number of hydrogen-bond donors (Lipinski definition) is 1. The molecular weight excluding hydrogens is 379 g/mol. The first-order valence-electron chi connectivity index (χ1n) is 7.51. The average molecular weight is 395 g/mol. The topological polar surface area (TPSA) is 68.5 Å². The second-order valence-corrected chi connectivity index (χ2v) is 6.35. The molecule has 0 unspecified atom stereocenters. The molecule has 0 saturated carbocycles. The van der Waals surface area contributed by atoms with E-state index >= 15 is 0 Å². The van der Waals surface area contributed by atoms with Gasteiger partial charge in [0.2, 0.25) is 6.10 Å². The lowest BCUT2D eigenvalue weighted by Crippen LogP contribution is -2.28. The van der Waals surface area contributed by atoms with Crippen molar-refractivity contribution >= 4 is 33.2 Å². The van der Waals surface area contributed by atoms with Crippen LogP contribution >= 0.6 is 15.9 Å². The number of carbonyl (C=O) groups excluding carboxylic acids is 1. The number of aromatic nitrogens is 2. The molecule has 0 saturated heterocycles. The molecule has 0 aliphatic carbocycles. The highest BCUT2D eigenvalue weighted by Gasteiger charge is 2.30. The van der Waals surface area contributed by atoms with E-state index in [-0.39, 0.29) is 5.69 Å². The van der Waals surface area contributed by atoms with Gasteiger partial charge in [0.1, 0.15) is 5.82 Å². The lowest BCUT2D eigenvalue weighted by Gasteiger charge is -2.10. The van der Waals surface area contributed by atoms with Gasteiger partial charge in [0.15, 0.2) is 0 Å². The molecule has 126 valence electrons. The highest BCUT2D eigenvalue weighted by atomic mass is 79.9. The summed E-state index contributed by atoms with van der Waals surface area (Å²) in [5.74, 6) is -0.951. The molecular formula is C16H16BrFN4O2. The van der Waals surface area contributed by atoms with Crippen LogP contribution in [0.4, 0.5) is 10.1 Å². The largest absolute Gasteiger partial charge is 0.382 e. The van der Waals surface area contributed by atoms with E-state index in [1.54, 1.807) is 10.7 Å². The molecule has 0 spiro atoms. The van der Waals surface area contributed by atoms with Gasteiger partial charge in [-0.2, -0.15) is 5.10 Å². The van der Waals surface area contributed by atoms with Crippen molar-refractivity contribution in [1.82, 2.24) is 9.78 Å². The maximum atomic E-state index is 13.8. The molecule has 24 heavy (non-hydrogen) atoms. The Balaban J connectivity index is 1.67. The van der Waals surface area contributed by atoms with E-state index in [4.69, 9.17) is 4.84 Å². The van der Waals surface area contributed by atoms with Gasteiger partial charge in [-0.3, -0.25) is 9.48 Å². The number of benzene rings is 1. The van der Waals surface area contributed by atoms with Crippen LogP contribution in [-0.2, 0) is 16.2 Å². The zero-order valence-corrected chi connectivity index (χ0v) is 14.8. The van der Waals surface area contributed by atoms with Crippen LogP contribution in [0.5, 0.6) is 0 Å². The maximum Gasteiger partial charge on any atom is 0.268 e. The molecule has 0 radical (unpaired) electrons. The molecule has 1 amide bonds. The third-order valence-corrected chi connectivity index (χ3v) is 4.22. The number of rotatable bonds is 4. The second kappa shape index (κ2) is 6.72. The van der Waals surface area contributed by atoms with E-state index in [1.807, 2.05) is 20.0 Å². The van der Waals surface area contributed by atoms with E-state index in [0.717, 1.165) is 17.8 Å². The third-order valence-electron chi connectivity index (χ3n) is 3.73. The van der Waals surface area contributed by atoms with Crippen LogP contribution in [0.3, 0.4) is 0 Å². The van der Waals surface area contributed by atoms with E-state index < -0.39 is 17.8 Å². The molecule has 1 aliphatic rings. The average Bonchev–Trinajstić information content (AvgIpc) is 3.16. The summed E-state index contributed by atoms with van der Waals surface area (Å²) in [6.07, 6.45) is 1.42. The van der Waals surface area contributed by atoms with Crippen LogP contribution in [0.2, 0.25) is 0 Å². The van der Waals surface area contributed by atoms with Gasteiger partial charge < -0.3 is 10.2 Å². The van der Waals surface area contributed by atoms with Crippen molar-refractivity contribution in [3.05, 3.63) is 45.9 Å². The molecule has 1 N–H and O–H groups in total. The van der Waals surface area contributed by atoms with Crippen molar-refractivity contribution in [2.75, 3.05) is 5.32 Å². The molecule has 1 aromatic heterocycles. The zero-order chi connectivity index (χ0) is 17.3. The van der Waals surface area contributed by atoms with E-state index in [2.05, 4.69) is 31.5 Å². The Morgan fingerprint density at radius 1 is 1.54 bits per heavy atom. The number of nitrogens with zero attached hydrogens (tertiary/aromatic N) is 3. The minimum Gasteiger partial charge on any atom is -0.382 e. The lowest BCUT2D eigenvalue weighted by molar-refractivity contribution is -0.125. The second-order valence-electron chi connectivity index (χ2n) is 5.43. The number of oxime groups is 1. The highest BCUT2D eigenvalue weighted by Crippen LogP contribution is 2.23. The van der Waals surface area contributed by atoms with Crippen molar-refractivity contribution in [3.63, 3.8) is 0 Å². The van der Waals surface area contributed by atoms with Gasteiger partial charge in [0.05, 0.1) is 17.1 Å². The Hall–Kier alpha value is -2.22. The summed E-state index contributed by atoms with van der Waals surface area (Å²) in [7, 11) is 0. The molecule has 1 aliphatic heterocycles. The monoisotopic (exact) mass is 394 g/mol. The quantitative estimate of drug-likeness (QED) is 0.864. The summed E-state index contributed by atoms with van der Waals surface area (Å²) in [5.41, 5.74) is 2.47. The summed E-state index contributed by atoms with van der Waals surface area (Å²) >= 11 is 3.17. The van der Waals surface area contributed by atoms with Crippen LogP contribution in [0.15, 0.2) is 34.0 Å². The Morgan fingerprint density at radius 2 is 2.33 bits per heavy atom. The lowest BCUT2D eigenvalue weighted by atomic mass is 10.1. The van der Waals surface area contributed by atoms with Crippen molar-refractivity contribution in [1.29, 1.82) is 0 Å². The van der Waals surface area contributed by atoms with Crippen LogP contribution < -0.4 is 5.32 Å². The first kappa shape index (κ1) is 16.6. The molecule has 3 rings (SSSR count). The third kappa shape index (κ3) is 3.33. The zero-order valence-electron chi connectivity index (χ0n) is 13.2. The maximum absolute atomic E-state index is 13.8. The van der Waals surface area contributed by atoms with E-state index in [9.17, 15) is 9.18 Å². The number of hydrogen-bond acceptors (Lipinski definition) is 4. The Kier molecular flexibility index (Phi) is 4.66. The molecule has 2 heterocycles. The Morgan fingerprint density at radius 3 is 3.00 bits per heavy atom. The number of halogens is 2. The first-order valence-corrected chi connectivity index (χ1v) is 8.30. The fourth-order valence-corrected chi connectivity index (χ4v) is 2.78. The number of nitrogens with one attached hydrogen (secondary N) is 1. The van der Waals surface area contributed by atoms with Gasteiger partial charge in [-0.05, 0) is 32.0 Å². The first-order chi connectivity index (χ1) is 11.5. The summed E-state index contributed by atoms with van der Waals surface area (Å²) in [4.78, 5) is 17.5.